The van der Waals surface area contributed by atoms with Gasteiger partial charge < -0.3 is 25.3 Å². The summed E-state index contributed by atoms with van der Waals surface area (Å²) in [6.07, 6.45) is 4.49. The zero-order valence-corrected chi connectivity index (χ0v) is 25.4. The molecule has 8 heteroatoms. The zero-order valence-electron chi connectivity index (χ0n) is 25.4. The largest absolute Gasteiger partial charge is 0.497 e. The number of H-pyrrole nitrogens is 1. The van der Waals surface area contributed by atoms with E-state index in [2.05, 4.69) is 39.1 Å². The molecule has 0 aliphatic heterocycles. The SMILES string of the molecule is COc1ccc(Cn2c(CCc3ccccc3)nnc2C(Cc2c[nH]c3ccccc23)NC(=O)C(N)Cc2ccccc2)cc1. The van der Waals surface area contributed by atoms with E-state index in [9.17, 15) is 4.79 Å². The standard InChI is InChI=1S/C37H38N6O2/c1-45-30-19-16-28(17-20-30)25-43-35(21-18-26-10-4-2-5-11-26)41-42-36(43)34(23-29-24-39-33-15-9-8-14-31(29)33)40-37(44)32(38)22-27-12-6-3-7-13-27/h2-17,19-20,24,32,34,39H,18,21-23,25,38H2,1H3,(H,40,44). The molecule has 4 N–H and O–H groups in total. The summed E-state index contributed by atoms with van der Waals surface area (Å²) in [7, 11) is 1.66. The predicted octanol–water partition coefficient (Wildman–Crippen LogP) is 5.57. The minimum absolute atomic E-state index is 0.228. The molecular formula is C37H38N6O2. The van der Waals surface area contributed by atoms with Crippen molar-refractivity contribution in [2.24, 2.45) is 5.73 Å². The number of nitrogens with one attached hydrogen (secondary N) is 2. The molecule has 228 valence electrons. The number of hydrogen-bond acceptors (Lipinski definition) is 5. The first-order valence-corrected chi connectivity index (χ1v) is 15.3. The molecular weight excluding hydrogens is 560 g/mol. The maximum absolute atomic E-state index is 13.7. The molecule has 45 heavy (non-hydrogen) atoms. The lowest BCUT2D eigenvalue weighted by Crippen LogP contribution is -2.44. The van der Waals surface area contributed by atoms with Crippen molar-refractivity contribution < 1.29 is 9.53 Å². The normalized spacial score (nSPS) is 12.6. The minimum atomic E-state index is -0.714. The second kappa shape index (κ2) is 14.1. The van der Waals surface area contributed by atoms with E-state index in [4.69, 9.17) is 20.7 Å². The number of methoxy groups -OCH3 is 1. The second-order valence-corrected chi connectivity index (χ2v) is 11.3. The Kier molecular flexibility index (Phi) is 9.32. The summed E-state index contributed by atoms with van der Waals surface area (Å²) in [5.41, 5.74) is 11.9. The number of aromatic nitrogens is 4. The molecule has 6 aromatic rings. The number of nitrogens with two attached hydrogens (primary N) is 1. The summed E-state index contributed by atoms with van der Waals surface area (Å²) in [5, 5.41) is 13.8. The Morgan fingerprint density at radius 2 is 1.51 bits per heavy atom. The van der Waals surface area contributed by atoms with Crippen LogP contribution in [0.5, 0.6) is 5.75 Å². The molecule has 0 saturated carbocycles. The molecule has 0 saturated heterocycles. The number of amides is 1. The molecule has 2 heterocycles. The van der Waals surface area contributed by atoms with Crippen LogP contribution >= 0.6 is 0 Å². The smallest absolute Gasteiger partial charge is 0.237 e. The Balaban J connectivity index is 1.35. The third kappa shape index (κ3) is 7.30. The van der Waals surface area contributed by atoms with Gasteiger partial charge >= 0.3 is 0 Å². The molecule has 0 aliphatic carbocycles. The molecule has 0 aliphatic rings. The van der Waals surface area contributed by atoms with E-state index in [0.29, 0.717) is 31.6 Å². The fourth-order valence-corrected chi connectivity index (χ4v) is 5.75. The van der Waals surface area contributed by atoms with E-state index in [0.717, 1.165) is 45.6 Å². The maximum Gasteiger partial charge on any atom is 0.237 e. The van der Waals surface area contributed by atoms with Gasteiger partial charge in [-0.2, -0.15) is 0 Å². The summed E-state index contributed by atoms with van der Waals surface area (Å²) >= 11 is 0. The van der Waals surface area contributed by atoms with Crippen LogP contribution in [0.2, 0.25) is 0 Å². The summed E-state index contributed by atoms with van der Waals surface area (Å²) in [5.74, 6) is 2.12. The number of benzene rings is 4. The van der Waals surface area contributed by atoms with Crippen molar-refractivity contribution in [2.75, 3.05) is 7.11 Å². The van der Waals surface area contributed by atoms with Crippen molar-refractivity contribution in [3.05, 3.63) is 149 Å². The third-order valence-electron chi connectivity index (χ3n) is 8.20. The number of nitrogens with zero attached hydrogens (tertiary/aromatic N) is 3. The monoisotopic (exact) mass is 598 g/mol. The van der Waals surface area contributed by atoms with Crippen LogP contribution in [0.4, 0.5) is 0 Å². The van der Waals surface area contributed by atoms with Crippen molar-refractivity contribution in [1.29, 1.82) is 0 Å². The van der Waals surface area contributed by atoms with Gasteiger partial charge in [-0.3, -0.25) is 4.79 Å². The van der Waals surface area contributed by atoms with Crippen LogP contribution in [-0.2, 0) is 37.0 Å². The lowest BCUT2D eigenvalue weighted by Gasteiger charge is -2.22. The Hall–Kier alpha value is -5.21. The number of fused-ring (bicyclic) bond motifs is 1. The predicted molar refractivity (Wildman–Crippen MR) is 177 cm³/mol. The van der Waals surface area contributed by atoms with Gasteiger partial charge in [0, 0.05) is 29.9 Å². The van der Waals surface area contributed by atoms with Crippen LogP contribution in [0.1, 0.15) is 39.9 Å². The van der Waals surface area contributed by atoms with Crippen molar-refractivity contribution in [3.63, 3.8) is 0 Å². The van der Waals surface area contributed by atoms with Crippen LogP contribution in [0, 0.1) is 0 Å². The van der Waals surface area contributed by atoms with Gasteiger partial charge in [0.05, 0.1) is 25.7 Å². The molecule has 2 atom stereocenters. The Morgan fingerprint density at radius 3 is 2.24 bits per heavy atom. The highest BCUT2D eigenvalue weighted by Gasteiger charge is 2.27. The Morgan fingerprint density at radius 1 is 0.822 bits per heavy atom. The van der Waals surface area contributed by atoms with Crippen molar-refractivity contribution >= 4 is 16.8 Å². The fourth-order valence-electron chi connectivity index (χ4n) is 5.75. The molecule has 2 unspecified atom stereocenters. The van der Waals surface area contributed by atoms with Gasteiger partial charge in [0.2, 0.25) is 5.91 Å². The number of carbonyl (C=O) groups is 1. The number of ether oxygens (including phenoxy) is 1. The van der Waals surface area contributed by atoms with Gasteiger partial charge in [-0.15, -0.1) is 10.2 Å². The van der Waals surface area contributed by atoms with Crippen LogP contribution < -0.4 is 15.8 Å². The average molecular weight is 599 g/mol. The number of aromatic amines is 1. The molecule has 4 aromatic carbocycles. The van der Waals surface area contributed by atoms with Gasteiger partial charge in [-0.05, 0) is 53.3 Å². The highest BCUT2D eigenvalue weighted by atomic mass is 16.5. The van der Waals surface area contributed by atoms with Crippen molar-refractivity contribution in [1.82, 2.24) is 25.1 Å². The van der Waals surface area contributed by atoms with Crippen LogP contribution in [0.25, 0.3) is 10.9 Å². The Bertz CT molecular complexity index is 1830. The molecule has 2 aromatic heterocycles. The lowest BCUT2D eigenvalue weighted by atomic mass is 10.0. The van der Waals surface area contributed by atoms with E-state index in [1.807, 2.05) is 91.1 Å². The van der Waals surface area contributed by atoms with E-state index >= 15 is 0 Å². The molecule has 8 nitrogen and oxygen atoms in total. The van der Waals surface area contributed by atoms with E-state index in [1.165, 1.54) is 5.56 Å². The highest BCUT2D eigenvalue weighted by Crippen LogP contribution is 2.26. The molecule has 0 spiro atoms. The van der Waals surface area contributed by atoms with Crippen molar-refractivity contribution in [2.45, 2.75) is 44.3 Å². The third-order valence-corrected chi connectivity index (χ3v) is 8.20. The first-order valence-electron chi connectivity index (χ1n) is 15.3. The highest BCUT2D eigenvalue weighted by molar-refractivity contribution is 5.84. The van der Waals surface area contributed by atoms with Gasteiger partial charge in [-0.25, -0.2) is 0 Å². The lowest BCUT2D eigenvalue weighted by molar-refractivity contribution is -0.123. The first kappa shape index (κ1) is 29.8. The average Bonchev–Trinajstić information content (AvgIpc) is 3.68. The molecule has 1 amide bonds. The number of para-hydroxylation sites is 1. The molecule has 6 rings (SSSR count). The topological polar surface area (TPSA) is 111 Å². The van der Waals surface area contributed by atoms with Crippen LogP contribution in [0.15, 0.2) is 115 Å². The van der Waals surface area contributed by atoms with Gasteiger partial charge in [0.25, 0.3) is 0 Å². The van der Waals surface area contributed by atoms with Crippen LogP contribution in [0.3, 0.4) is 0 Å². The van der Waals surface area contributed by atoms with Crippen molar-refractivity contribution in [3.8, 4) is 5.75 Å². The van der Waals surface area contributed by atoms with E-state index in [1.54, 1.807) is 7.11 Å². The molecule has 0 bridgehead atoms. The summed E-state index contributed by atoms with van der Waals surface area (Å²) in [4.78, 5) is 17.0. The Labute approximate surface area is 263 Å². The molecule has 0 fully saturated rings. The zero-order chi connectivity index (χ0) is 31.0. The number of hydrogen-bond donors (Lipinski definition) is 3. The summed E-state index contributed by atoms with van der Waals surface area (Å²) in [6, 6.07) is 35.2. The molecule has 0 radical (unpaired) electrons. The van der Waals surface area contributed by atoms with E-state index < -0.39 is 12.1 Å². The van der Waals surface area contributed by atoms with Gasteiger partial charge in [-0.1, -0.05) is 91.0 Å². The summed E-state index contributed by atoms with van der Waals surface area (Å²) in [6.45, 7) is 0.548. The quantitative estimate of drug-likeness (QED) is 0.161. The number of rotatable bonds is 13. The van der Waals surface area contributed by atoms with Gasteiger partial charge in [0.15, 0.2) is 5.82 Å². The second-order valence-electron chi connectivity index (χ2n) is 11.3. The van der Waals surface area contributed by atoms with E-state index in [-0.39, 0.29) is 5.91 Å². The van der Waals surface area contributed by atoms with Crippen LogP contribution in [-0.4, -0.2) is 38.8 Å². The maximum atomic E-state index is 13.7. The summed E-state index contributed by atoms with van der Waals surface area (Å²) < 4.78 is 7.53. The first-order chi connectivity index (χ1) is 22.1. The number of carbonyl (C=O) groups excluding carboxylic acids is 1. The fraction of sp³-hybridized carbons (Fsp3) is 0.216. The number of aryl methyl sites for hydroxylation is 2. The minimum Gasteiger partial charge on any atom is -0.497 e. The van der Waals surface area contributed by atoms with Gasteiger partial charge in [0.1, 0.15) is 11.6 Å².